The molecular weight excluding hydrogens is 795 g/mol. The number of anilines is 5. The van der Waals surface area contributed by atoms with E-state index >= 15 is 0 Å². The first-order chi connectivity index (χ1) is 32.1. The molecule has 14 rings (SSSR count). The number of aryl methyl sites for hydroxylation is 1. The van der Waals surface area contributed by atoms with Gasteiger partial charge in [-0.2, -0.15) is 0 Å². The standard InChI is InChI=1S/C59H37BN2O3/c1-36-29-41(37-15-4-2-5-16-37)27-28-48(36)61-51-35-57-56(63-54-25-12-13-26-55(54)64-57)34-47(51)60-58-46(31-42(33-52(58)61)38-17-6-3-7-18-38)45-30-39-19-8-9-20-40(39)32-50(45)62(60)49-23-14-22-44-43-21-10-11-24-53(43)65-59(44)49/h2-35H,1H3. The zero-order valence-electron chi connectivity index (χ0n) is 35.3. The lowest BCUT2D eigenvalue weighted by Crippen LogP contribution is -2.61. The minimum absolute atomic E-state index is 0.307. The summed E-state index contributed by atoms with van der Waals surface area (Å²) < 4.78 is 20.4. The van der Waals surface area contributed by atoms with E-state index in [1.807, 2.05) is 30.3 Å². The van der Waals surface area contributed by atoms with Crippen molar-refractivity contribution in [3.8, 4) is 56.4 Å². The summed E-state index contributed by atoms with van der Waals surface area (Å²) >= 11 is 0. The summed E-state index contributed by atoms with van der Waals surface area (Å²) in [6, 6.07) is 73.7. The highest BCUT2D eigenvalue weighted by molar-refractivity contribution is 6.94. The van der Waals surface area contributed by atoms with E-state index in [0.717, 1.165) is 78.1 Å². The van der Waals surface area contributed by atoms with Crippen LogP contribution < -0.4 is 30.1 Å². The molecule has 0 spiro atoms. The second kappa shape index (κ2) is 13.8. The molecular formula is C59H37BN2O3. The molecule has 11 aromatic rings. The molecule has 0 radical (unpaired) electrons. The van der Waals surface area contributed by atoms with Crippen molar-refractivity contribution >= 4 is 78.9 Å². The molecule has 0 amide bonds. The molecule has 0 bridgehead atoms. The maximum atomic E-state index is 6.92. The van der Waals surface area contributed by atoms with Crippen LogP contribution >= 0.6 is 0 Å². The second-order valence-corrected chi connectivity index (χ2v) is 17.3. The first-order valence-corrected chi connectivity index (χ1v) is 22.2. The van der Waals surface area contributed by atoms with Gasteiger partial charge in [0, 0.05) is 45.2 Å². The van der Waals surface area contributed by atoms with Crippen LogP contribution in [0.1, 0.15) is 5.56 Å². The van der Waals surface area contributed by atoms with Gasteiger partial charge in [-0.15, -0.1) is 0 Å². The molecule has 0 atom stereocenters. The fraction of sp³-hybridized carbons (Fsp3) is 0.0169. The monoisotopic (exact) mass is 832 g/mol. The topological polar surface area (TPSA) is 38.1 Å². The highest BCUT2D eigenvalue weighted by Crippen LogP contribution is 2.54. The Labute approximate surface area is 376 Å². The lowest BCUT2D eigenvalue weighted by atomic mass is 9.43. The molecule has 0 saturated carbocycles. The first-order valence-electron chi connectivity index (χ1n) is 22.2. The van der Waals surface area contributed by atoms with Gasteiger partial charge in [-0.3, -0.25) is 0 Å². The van der Waals surface area contributed by atoms with Crippen LogP contribution in [0.4, 0.5) is 28.4 Å². The molecule has 0 N–H and O–H groups in total. The summed E-state index contributed by atoms with van der Waals surface area (Å²) in [6.07, 6.45) is 0. The lowest BCUT2D eigenvalue weighted by Gasteiger charge is -2.46. The number of fused-ring (bicyclic) bond motifs is 10. The van der Waals surface area contributed by atoms with Gasteiger partial charge in [0.25, 0.3) is 0 Å². The van der Waals surface area contributed by atoms with E-state index in [4.69, 9.17) is 13.9 Å². The third-order valence-corrected chi connectivity index (χ3v) is 13.6. The Balaban J connectivity index is 1.12. The lowest BCUT2D eigenvalue weighted by molar-refractivity contribution is 0.360. The van der Waals surface area contributed by atoms with Crippen molar-refractivity contribution in [2.24, 2.45) is 0 Å². The van der Waals surface area contributed by atoms with Crippen LogP contribution in [0.5, 0.6) is 23.0 Å². The van der Waals surface area contributed by atoms with Gasteiger partial charge in [0.05, 0.1) is 5.69 Å². The summed E-state index contributed by atoms with van der Waals surface area (Å²) in [6.45, 7) is 1.92. The number of para-hydroxylation sites is 4. The van der Waals surface area contributed by atoms with E-state index in [-0.39, 0.29) is 6.85 Å². The van der Waals surface area contributed by atoms with Crippen molar-refractivity contribution in [2.45, 2.75) is 6.92 Å². The maximum absolute atomic E-state index is 6.92. The van der Waals surface area contributed by atoms with E-state index < -0.39 is 0 Å². The number of ether oxygens (including phenoxy) is 2. The van der Waals surface area contributed by atoms with Gasteiger partial charge >= 0.3 is 6.85 Å². The molecule has 10 aromatic carbocycles. The smallest absolute Gasteiger partial charge is 0.333 e. The number of nitrogens with zero attached hydrogens (tertiary/aromatic N) is 2. The molecule has 5 nitrogen and oxygen atoms in total. The summed E-state index contributed by atoms with van der Waals surface area (Å²) in [5, 5.41) is 4.53. The Morgan fingerprint density at radius 1 is 0.400 bits per heavy atom. The zero-order valence-corrected chi connectivity index (χ0v) is 35.3. The summed E-state index contributed by atoms with van der Waals surface area (Å²) in [4.78, 5) is 5.00. The Bertz CT molecular complexity index is 3770. The molecule has 3 aliphatic heterocycles. The maximum Gasteiger partial charge on any atom is 0.333 e. The van der Waals surface area contributed by atoms with E-state index in [9.17, 15) is 0 Å². The van der Waals surface area contributed by atoms with E-state index in [0.29, 0.717) is 23.0 Å². The van der Waals surface area contributed by atoms with Gasteiger partial charge in [-0.05, 0) is 129 Å². The Morgan fingerprint density at radius 2 is 1.06 bits per heavy atom. The van der Waals surface area contributed by atoms with E-state index in [1.54, 1.807) is 0 Å². The minimum atomic E-state index is -0.307. The SMILES string of the molecule is Cc1cc(-c2ccccc2)ccc1N1c2cc3c(cc2B2c4c(cc(-c5ccccc5)cc41)-c1cc4ccccc4cc1N2c1cccc2c1oc1ccccc12)Oc1ccccc1O3. The van der Waals surface area contributed by atoms with Gasteiger partial charge in [-0.25, -0.2) is 0 Å². The van der Waals surface area contributed by atoms with Gasteiger partial charge in [-0.1, -0.05) is 133 Å². The fourth-order valence-corrected chi connectivity index (χ4v) is 10.6. The third kappa shape index (κ3) is 5.41. The van der Waals surface area contributed by atoms with Crippen LogP contribution in [0.2, 0.25) is 0 Å². The van der Waals surface area contributed by atoms with Crippen molar-refractivity contribution in [3.05, 3.63) is 212 Å². The van der Waals surface area contributed by atoms with Crippen LogP contribution in [0, 0.1) is 6.92 Å². The summed E-state index contributed by atoms with van der Waals surface area (Å²) in [5.74, 6) is 2.73. The van der Waals surface area contributed by atoms with E-state index in [1.165, 1.54) is 32.9 Å². The third-order valence-electron chi connectivity index (χ3n) is 13.6. The fourth-order valence-electron chi connectivity index (χ4n) is 10.6. The molecule has 0 aliphatic carbocycles. The molecule has 3 aliphatic rings. The highest BCUT2D eigenvalue weighted by atomic mass is 16.6. The van der Waals surface area contributed by atoms with E-state index in [2.05, 4.69) is 193 Å². The quantitative estimate of drug-likeness (QED) is 0.165. The largest absolute Gasteiger partial charge is 0.454 e. The van der Waals surface area contributed by atoms with Crippen LogP contribution in [0.15, 0.2) is 211 Å². The predicted octanol–water partition coefficient (Wildman–Crippen LogP) is 15.0. The highest BCUT2D eigenvalue weighted by Gasteiger charge is 2.47. The Morgan fingerprint density at radius 3 is 1.83 bits per heavy atom. The number of furan rings is 1. The average Bonchev–Trinajstić information content (AvgIpc) is 3.75. The molecule has 1 aromatic heterocycles. The molecule has 65 heavy (non-hydrogen) atoms. The molecule has 6 heteroatoms. The molecule has 4 heterocycles. The van der Waals surface area contributed by atoms with Gasteiger partial charge < -0.3 is 23.6 Å². The molecule has 304 valence electrons. The van der Waals surface area contributed by atoms with Crippen molar-refractivity contribution in [3.63, 3.8) is 0 Å². The normalized spacial score (nSPS) is 13.2. The van der Waals surface area contributed by atoms with Gasteiger partial charge in [0.2, 0.25) is 0 Å². The van der Waals surface area contributed by atoms with Gasteiger partial charge in [0.1, 0.15) is 5.58 Å². The first kappa shape index (κ1) is 36.1. The molecule has 0 fully saturated rings. The zero-order chi connectivity index (χ0) is 42.8. The number of hydrogen-bond acceptors (Lipinski definition) is 5. The van der Waals surface area contributed by atoms with Crippen molar-refractivity contribution in [2.75, 3.05) is 9.71 Å². The Kier molecular flexibility index (Phi) is 7.63. The summed E-state index contributed by atoms with van der Waals surface area (Å²) in [5.41, 5.74) is 17.5. The predicted molar refractivity (Wildman–Crippen MR) is 267 cm³/mol. The number of benzene rings is 10. The number of hydrogen-bond donors (Lipinski definition) is 0. The molecule has 0 saturated heterocycles. The minimum Gasteiger partial charge on any atom is -0.454 e. The summed E-state index contributed by atoms with van der Waals surface area (Å²) in [7, 11) is 0. The average molecular weight is 833 g/mol. The van der Waals surface area contributed by atoms with Crippen LogP contribution in [-0.4, -0.2) is 6.85 Å². The van der Waals surface area contributed by atoms with Crippen LogP contribution in [-0.2, 0) is 0 Å². The van der Waals surface area contributed by atoms with Gasteiger partial charge in [0.15, 0.2) is 28.6 Å². The van der Waals surface area contributed by atoms with Crippen LogP contribution in [0.25, 0.3) is 66.1 Å². The van der Waals surface area contributed by atoms with Crippen molar-refractivity contribution < 1.29 is 13.9 Å². The second-order valence-electron chi connectivity index (χ2n) is 17.3. The number of rotatable bonds is 4. The molecule has 0 unspecified atom stereocenters. The van der Waals surface area contributed by atoms with Crippen molar-refractivity contribution in [1.29, 1.82) is 0 Å². The van der Waals surface area contributed by atoms with Crippen LogP contribution in [0.3, 0.4) is 0 Å². The Hall–Kier alpha value is -8.48. The van der Waals surface area contributed by atoms with Crippen molar-refractivity contribution in [1.82, 2.24) is 0 Å².